The first kappa shape index (κ1) is 19.7. The molecular formula is C15H22N2O7S. The second-order valence-electron chi connectivity index (χ2n) is 6.88. The quantitative estimate of drug-likeness (QED) is 0.413. The standard InChI is InChI=1S/C15H22N2O7S/c1-15(2,3)13(22)23-6-7-4-17(14(25)16-11(7)21)12-10(20)9(19)8(5-18)24-12/h4,8-10,12,18-20H,5-6H2,1-3H3,(H,16,21,25)/t8-,9-,10-,12-/m1/s1. The highest BCUT2D eigenvalue weighted by Gasteiger charge is 2.43. The predicted molar refractivity (Wildman–Crippen MR) is 88.1 cm³/mol. The van der Waals surface area contributed by atoms with E-state index in [-0.39, 0.29) is 16.9 Å². The lowest BCUT2D eigenvalue weighted by atomic mass is 9.97. The van der Waals surface area contributed by atoms with E-state index in [0.29, 0.717) is 0 Å². The molecule has 1 aliphatic rings. The Morgan fingerprint density at radius 1 is 1.40 bits per heavy atom. The second kappa shape index (κ2) is 7.34. The Balaban J connectivity index is 2.28. The van der Waals surface area contributed by atoms with Gasteiger partial charge in [-0.25, -0.2) is 0 Å². The number of aliphatic hydroxyl groups excluding tert-OH is 3. The molecule has 0 unspecified atom stereocenters. The fraction of sp³-hybridized carbons (Fsp3) is 0.667. The number of aromatic amines is 1. The molecule has 0 amide bonds. The summed E-state index contributed by atoms with van der Waals surface area (Å²) in [6, 6.07) is 0. The molecule has 9 nitrogen and oxygen atoms in total. The summed E-state index contributed by atoms with van der Waals surface area (Å²) in [6.45, 7) is 4.29. The maximum atomic E-state index is 12.0. The molecule has 1 saturated heterocycles. The molecule has 140 valence electrons. The van der Waals surface area contributed by atoms with E-state index in [0.717, 1.165) is 0 Å². The number of carbonyl (C=O) groups is 1. The van der Waals surface area contributed by atoms with Gasteiger partial charge in [-0.05, 0) is 33.0 Å². The molecule has 0 radical (unpaired) electrons. The third kappa shape index (κ3) is 4.15. The minimum absolute atomic E-state index is 0.0364. The maximum absolute atomic E-state index is 12.0. The first-order valence-corrected chi connectivity index (χ1v) is 8.11. The molecule has 2 heterocycles. The van der Waals surface area contributed by atoms with Crippen molar-refractivity contribution in [3.63, 3.8) is 0 Å². The predicted octanol–water partition coefficient (Wildman–Crippen LogP) is -0.393. The van der Waals surface area contributed by atoms with E-state index < -0.39 is 48.1 Å². The molecule has 1 aromatic rings. The Morgan fingerprint density at radius 3 is 2.56 bits per heavy atom. The molecule has 25 heavy (non-hydrogen) atoms. The number of hydrogen-bond donors (Lipinski definition) is 4. The van der Waals surface area contributed by atoms with Gasteiger partial charge in [0, 0.05) is 6.20 Å². The van der Waals surface area contributed by atoms with E-state index in [4.69, 9.17) is 26.8 Å². The summed E-state index contributed by atoms with van der Waals surface area (Å²) in [5.41, 5.74) is -1.15. The van der Waals surface area contributed by atoms with Crippen LogP contribution in [-0.2, 0) is 20.9 Å². The van der Waals surface area contributed by atoms with Gasteiger partial charge < -0.3 is 24.8 Å². The van der Waals surface area contributed by atoms with Gasteiger partial charge in [-0.15, -0.1) is 0 Å². The number of aliphatic hydroxyl groups is 3. The van der Waals surface area contributed by atoms with Crippen molar-refractivity contribution in [1.29, 1.82) is 0 Å². The topological polar surface area (TPSA) is 134 Å². The van der Waals surface area contributed by atoms with Gasteiger partial charge in [-0.3, -0.25) is 19.1 Å². The zero-order valence-electron chi connectivity index (χ0n) is 14.1. The summed E-state index contributed by atoms with van der Waals surface area (Å²) in [4.78, 5) is 26.3. The lowest BCUT2D eigenvalue weighted by molar-refractivity contribution is -0.154. The van der Waals surface area contributed by atoms with Crippen LogP contribution >= 0.6 is 12.2 Å². The van der Waals surface area contributed by atoms with E-state index in [9.17, 15) is 19.8 Å². The molecule has 0 bridgehead atoms. The highest BCUT2D eigenvalue weighted by atomic mass is 32.1. The van der Waals surface area contributed by atoms with Crippen LogP contribution in [0.15, 0.2) is 11.0 Å². The zero-order chi connectivity index (χ0) is 18.9. The van der Waals surface area contributed by atoms with E-state index >= 15 is 0 Å². The first-order valence-electron chi connectivity index (χ1n) is 7.70. The van der Waals surface area contributed by atoms with Gasteiger partial charge in [0.2, 0.25) is 0 Å². The molecule has 1 aromatic heterocycles. The van der Waals surface area contributed by atoms with Gasteiger partial charge in [-0.1, -0.05) is 0 Å². The fourth-order valence-corrected chi connectivity index (χ4v) is 2.54. The van der Waals surface area contributed by atoms with E-state index in [2.05, 4.69) is 4.98 Å². The fourth-order valence-electron chi connectivity index (χ4n) is 2.29. The molecule has 1 fully saturated rings. The summed E-state index contributed by atoms with van der Waals surface area (Å²) < 4.78 is 11.7. The second-order valence-corrected chi connectivity index (χ2v) is 7.26. The number of rotatable bonds is 4. The number of aromatic nitrogens is 2. The normalized spacial score (nSPS) is 26.6. The van der Waals surface area contributed by atoms with E-state index in [1.807, 2.05) is 0 Å². The van der Waals surface area contributed by atoms with Crippen molar-refractivity contribution >= 4 is 18.2 Å². The van der Waals surface area contributed by atoms with Crippen molar-refractivity contribution in [2.24, 2.45) is 5.41 Å². The molecule has 0 saturated carbocycles. The number of hydrogen-bond acceptors (Lipinski definition) is 8. The van der Waals surface area contributed by atoms with Gasteiger partial charge >= 0.3 is 5.97 Å². The van der Waals surface area contributed by atoms with E-state index in [1.165, 1.54) is 10.8 Å². The van der Waals surface area contributed by atoms with Crippen molar-refractivity contribution in [3.8, 4) is 0 Å². The molecule has 0 aromatic carbocycles. The summed E-state index contributed by atoms with van der Waals surface area (Å²) in [7, 11) is 0. The van der Waals surface area contributed by atoms with Crippen LogP contribution in [0.4, 0.5) is 0 Å². The van der Waals surface area contributed by atoms with E-state index in [1.54, 1.807) is 20.8 Å². The number of esters is 1. The van der Waals surface area contributed by atoms with Crippen molar-refractivity contribution in [2.45, 2.75) is 51.9 Å². The van der Waals surface area contributed by atoms with Crippen LogP contribution in [0.5, 0.6) is 0 Å². The maximum Gasteiger partial charge on any atom is 0.311 e. The lowest BCUT2D eigenvalue weighted by Gasteiger charge is -2.20. The average molecular weight is 374 g/mol. The largest absolute Gasteiger partial charge is 0.460 e. The van der Waals surface area contributed by atoms with Crippen LogP contribution in [0.1, 0.15) is 32.6 Å². The molecule has 0 spiro atoms. The van der Waals surface area contributed by atoms with Crippen LogP contribution in [0, 0.1) is 10.2 Å². The number of nitrogens with one attached hydrogen (secondary N) is 1. The van der Waals surface area contributed by atoms with Crippen molar-refractivity contribution in [2.75, 3.05) is 6.61 Å². The van der Waals surface area contributed by atoms with Gasteiger partial charge in [0.1, 0.15) is 24.9 Å². The number of ether oxygens (including phenoxy) is 2. The first-order chi connectivity index (χ1) is 11.6. The number of H-pyrrole nitrogens is 1. The smallest absolute Gasteiger partial charge is 0.311 e. The lowest BCUT2D eigenvalue weighted by Crippen LogP contribution is -2.33. The average Bonchev–Trinajstić information content (AvgIpc) is 2.81. The van der Waals surface area contributed by atoms with Gasteiger partial charge in [0.25, 0.3) is 5.56 Å². The van der Waals surface area contributed by atoms with Gasteiger partial charge in [0.05, 0.1) is 17.6 Å². The Labute approximate surface area is 148 Å². The Hall–Kier alpha value is -1.59. The Bertz CT molecular complexity index is 751. The monoisotopic (exact) mass is 374 g/mol. The third-order valence-corrected chi connectivity index (χ3v) is 4.12. The molecule has 4 atom stereocenters. The van der Waals surface area contributed by atoms with Crippen LogP contribution in [-0.4, -0.2) is 55.8 Å². The molecule has 1 aliphatic heterocycles. The van der Waals surface area contributed by atoms with Crippen LogP contribution in [0.25, 0.3) is 0 Å². The number of nitrogens with zero attached hydrogens (tertiary/aromatic N) is 1. The van der Waals surface area contributed by atoms with Crippen molar-refractivity contribution in [1.82, 2.24) is 9.55 Å². The summed E-state index contributed by atoms with van der Waals surface area (Å²) in [6.07, 6.45) is -3.41. The molecule has 0 aliphatic carbocycles. The Kier molecular flexibility index (Phi) is 5.79. The highest BCUT2D eigenvalue weighted by molar-refractivity contribution is 7.71. The molecule has 2 rings (SSSR count). The third-order valence-electron chi connectivity index (χ3n) is 3.80. The summed E-state index contributed by atoms with van der Waals surface area (Å²) >= 11 is 5.06. The molecular weight excluding hydrogens is 352 g/mol. The SMILES string of the molecule is CC(C)(C)C(=O)OCc1cn([C@@H]2O[C@H](CO)[C@@H](O)[C@H]2O)c(=S)[nH]c1=O. The van der Waals surface area contributed by atoms with Crippen molar-refractivity contribution < 1.29 is 29.6 Å². The summed E-state index contributed by atoms with van der Waals surface area (Å²) in [5.74, 6) is -0.478. The zero-order valence-corrected chi connectivity index (χ0v) is 14.9. The minimum Gasteiger partial charge on any atom is -0.460 e. The number of carbonyl (C=O) groups excluding carboxylic acids is 1. The summed E-state index contributed by atoms with van der Waals surface area (Å²) in [5, 5.41) is 29.1. The van der Waals surface area contributed by atoms with Crippen LogP contribution in [0.3, 0.4) is 0 Å². The van der Waals surface area contributed by atoms with Gasteiger partial charge in [-0.2, -0.15) is 0 Å². The molecule has 10 heteroatoms. The van der Waals surface area contributed by atoms with Crippen LogP contribution < -0.4 is 5.56 Å². The Morgan fingerprint density at radius 2 is 2.04 bits per heavy atom. The minimum atomic E-state index is -1.35. The highest BCUT2D eigenvalue weighted by Crippen LogP contribution is 2.29. The van der Waals surface area contributed by atoms with Crippen molar-refractivity contribution in [3.05, 3.63) is 26.9 Å². The molecule has 4 N–H and O–H groups in total. The van der Waals surface area contributed by atoms with Crippen LogP contribution in [0.2, 0.25) is 0 Å². The van der Waals surface area contributed by atoms with Gasteiger partial charge in [0.15, 0.2) is 11.0 Å².